The molecule has 2 nitrogen and oxygen atoms in total. The number of ether oxygens (including phenoxy) is 1. The van der Waals surface area contributed by atoms with Gasteiger partial charge in [-0.2, -0.15) is 8.78 Å². The fourth-order valence-corrected chi connectivity index (χ4v) is 0.949. The Labute approximate surface area is 112 Å². The summed E-state index contributed by atoms with van der Waals surface area (Å²) in [7, 11) is 1.33. The minimum atomic E-state index is -2.68. The Balaban J connectivity index is 0.000000441. The van der Waals surface area contributed by atoms with Gasteiger partial charge in [0, 0.05) is 5.57 Å². The summed E-state index contributed by atoms with van der Waals surface area (Å²) in [6.07, 6.45) is -2.68. The van der Waals surface area contributed by atoms with Gasteiger partial charge in [-0.15, -0.1) is 0 Å². The maximum absolute atomic E-state index is 12.6. The van der Waals surface area contributed by atoms with Gasteiger partial charge in [-0.3, -0.25) is 0 Å². The molecular formula is C13H11F5O2. The molecule has 0 aliphatic heterocycles. The van der Waals surface area contributed by atoms with Gasteiger partial charge in [-0.1, -0.05) is 12.6 Å². The lowest BCUT2D eigenvalue weighted by Crippen LogP contribution is -1.98. The van der Waals surface area contributed by atoms with Gasteiger partial charge in [0.25, 0.3) is 0 Å². The molecule has 1 aromatic carbocycles. The molecule has 0 aromatic heterocycles. The van der Waals surface area contributed by atoms with Crippen LogP contribution in [-0.4, -0.2) is 13.1 Å². The molecule has 7 heteroatoms. The highest BCUT2D eigenvalue weighted by molar-refractivity contribution is 5.86. The molecule has 1 aromatic rings. The van der Waals surface area contributed by atoms with E-state index in [4.69, 9.17) is 0 Å². The summed E-state index contributed by atoms with van der Waals surface area (Å²) in [4.78, 5) is 10.2. The van der Waals surface area contributed by atoms with Crippen LogP contribution < -0.4 is 0 Å². The fraction of sp³-hybridized carbons (Fsp3) is 0.154. The van der Waals surface area contributed by atoms with Gasteiger partial charge in [0.15, 0.2) is 17.5 Å². The first-order valence-corrected chi connectivity index (χ1v) is 5.11. The summed E-state index contributed by atoms with van der Waals surface area (Å²) in [5, 5.41) is 0. The minimum absolute atomic E-state index is 0.347. The Bertz CT molecular complexity index is 534. The monoisotopic (exact) mass is 294 g/mol. The topological polar surface area (TPSA) is 26.3 Å². The summed E-state index contributed by atoms with van der Waals surface area (Å²) >= 11 is 0. The fourth-order valence-electron chi connectivity index (χ4n) is 0.949. The summed E-state index contributed by atoms with van der Waals surface area (Å²) in [6.45, 7) is 4.95. The lowest BCUT2D eigenvalue weighted by molar-refractivity contribution is -0.136. The van der Waals surface area contributed by atoms with E-state index in [9.17, 15) is 26.7 Å². The van der Waals surface area contributed by atoms with Gasteiger partial charge in [0.05, 0.1) is 12.7 Å². The molecule has 0 N–H and O–H groups in total. The smallest absolute Gasteiger partial charge is 0.332 e. The second kappa shape index (κ2) is 8.08. The molecule has 0 saturated carbocycles. The van der Waals surface area contributed by atoms with Crippen LogP contribution in [0.2, 0.25) is 0 Å². The Morgan fingerprint density at radius 2 is 1.75 bits per heavy atom. The molecule has 0 heterocycles. The van der Waals surface area contributed by atoms with Crippen molar-refractivity contribution in [3.05, 3.63) is 53.6 Å². The first-order valence-electron chi connectivity index (χ1n) is 5.11. The zero-order valence-electron chi connectivity index (χ0n) is 10.6. The lowest BCUT2D eigenvalue weighted by atomic mass is 10.2. The molecule has 0 spiro atoms. The van der Waals surface area contributed by atoms with Crippen molar-refractivity contribution in [3.8, 4) is 0 Å². The van der Waals surface area contributed by atoms with Gasteiger partial charge in [0.2, 0.25) is 0 Å². The molecular weight excluding hydrogens is 283 g/mol. The normalized spacial score (nSPS) is 9.15. The van der Waals surface area contributed by atoms with E-state index >= 15 is 0 Å². The van der Waals surface area contributed by atoms with E-state index in [0.29, 0.717) is 11.6 Å². The van der Waals surface area contributed by atoms with Crippen LogP contribution in [0.3, 0.4) is 0 Å². The van der Waals surface area contributed by atoms with Crippen molar-refractivity contribution in [1.82, 2.24) is 0 Å². The Morgan fingerprint density at radius 3 is 2.10 bits per heavy atom. The number of hydrogen-bond acceptors (Lipinski definition) is 2. The summed E-state index contributed by atoms with van der Waals surface area (Å²) < 4.78 is 65.0. The molecule has 20 heavy (non-hydrogen) atoms. The molecule has 110 valence electrons. The number of benzene rings is 1. The number of halogens is 5. The number of rotatable bonds is 2. The Kier molecular flexibility index (Phi) is 7.20. The van der Waals surface area contributed by atoms with Crippen molar-refractivity contribution in [2.24, 2.45) is 0 Å². The number of carbonyl (C=O) groups excluding carboxylic acids is 1. The van der Waals surface area contributed by atoms with Gasteiger partial charge in [-0.25, -0.2) is 18.0 Å². The molecule has 0 amide bonds. The number of esters is 1. The lowest BCUT2D eigenvalue weighted by Gasteiger charge is -1.99. The van der Waals surface area contributed by atoms with Crippen LogP contribution in [0.1, 0.15) is 12.5 Å². The van der Waals surface area contributed by atoms with E-state index in [1.165, 1.54) is 7.11 Å². The molecule has 0 bridgehead atoms. The quantitative estimate of drug-likeness (QED) is 0.463. The Hall–Kier alpha value is -2.18. The van der Waals surface area contributed by atoms with Gasteiger partial charge in [-0.05, 0) is 19.1 Å². The van der Waals surface area contributed by atoms with Crippen LogP contribution in [-0.2, 0) is 9.53 Å². The Morgan fingerprint density at radius 1 is 1.20 bits per heavy atom. The molecule has 0 atom stereocenters. The van der Waals surface area contributed by atoms with E-state index in [-0.39, 0.29) is 5.97 Å². The van der Waals surface area contributed by atoms with Crippen LogP contribution >= 0.6 is 0 Å². The van der Waals surface area contributed by atoms with Crippen molar-refractivity contribution in [1.29, 1.82) is 0 Å². The predicted octanol–water partition coefficient (Wildman–Crippen LogP) is 4.23. The van der Waals surface area contributed by atoms with Crippen molar-refractivity contribution < 1.29 is 31.5 Å². The van der Waals surface area contributed by atoms with E-state index < -0.39 is 29.1 Å². The summed E-state index contributed by atoms with van der Waals surface area (Å²) in [6, 6.07) is 2.38. The standard InChI is InChI=1S/C8H3F5.C5H8O2/c9-5-3-1-2-4(6(5)10)7(11)8(12)13;1-4(2)5(6)7-3/h1-3H;1H2,2-3H3. The molecule has 0 aliphatic carbocycles. The van der Waals surface area contributed by atoms with E-state index in [1.54, 1.807) is 6.92 Å². The van der Waals surface area contributed by atoms with Crippen LogP contribution in [0.15, 0.2) is 36.4 Å². The zero-order chi connectivity index (χ0) is 15.9. The van der Waals surface area contributed by atoms with Crippen molar-refractivity contribution in [2.45, 2.75) is 6.92 Å². The summed E-state index contributed by atoms with van der Waals surface area (Å²) in [5.74, 6) is -5.38. The van der Waals surface area contributed by atoms with Crippen LogP contribution in [0, 0.1) is 11.6 Å². The number of methoxy groups -OCH3 is 1. The molecule has 0 saturated heterocycles. The van der Waals surface area contributed by atoms with E-state index in [1.807, 2.05) is 0 Å². The maximum atomic E-state index is 12.6. The van der Waals surface area contributed by atoms with E-state index in [0.717, 1.165) is 12.1 Å². The third kappa shape index (κ3) is 5.21. The summed E-state index contributed by atoms with van der Waals surface area (Å²) in [5.41, 5.74) is -0.637. The van der Waals surface area contributed by atoms with Crippen molar-refractivity contribution in [2.75, 3.05) is 7.11 Å². The zero-order valence-corrected chi connectivity index (χ0v) is 10.6. The molecule has 0 aliphatic rings. The molecule has 0 fully saturated rings. The van der Waals surface area contributed by atoms with Crippen LogP contribution in [0.25, 0.3) is 5.83 Å². The number of carbonyl (C=O) groups is 1. The first kappa shape index (κ1) is 17.8. The minimum Gasteiger partial charge on any atom is -0.466 e. The van der Waals surface area contributed by atoms with Crippen LogP contribution in [0.4, 0.5) is 22.0 Å². The number of hydrogen-bond donors (Lipinski definition) is 0. The highest BCUT2D eigenvalue weighted by Gasteiger charge is 2.15. The van der Waals surface area contributed by atoms with Crippen LogP contribution in [0.5, 0.6) is 0 Å². The molecule has 0 unspecified atom stereocenters. The third-order valence-corrected chi connectivity index (χ3v) is 1.89. The maximum Gasteiger partial charge on any atom is 0.332 e. The van der Waals surface area contributed by atoms with Gasteiger partial charge >= 0.3 is 12.0 Å². The van der Waals surface area contributed by atoms with Crippen molar-refractivity contribution in [3.63, 3.8) is 0 Å². The highest BCUT2D eigenvalue weighted by atomic mass is 19.3. The molecule has 0 radical (unpaired) electrons. The van der Waals surface area contributed by atoms with E-state index in [2.05, 4.69) is 11.3 Å². The average molecular weight is 294 g/mol. The van der Waals surface area contributed by atoms with Crippen molar-refractivity contribution >= 4 is 11.8 Å². The third-order valence-electron chi connectivity index (χ3n) is 1.89. The average Bonchev–Trinajstić information content (AvgIpc) is 2.40. The SMILES string of the molecule is C=C(C)C(=O)OC.FC(F)=C(F)c1cccc(F)c1F. The van der Waals surface area contributed by atoms with Gasteiger partial charge < -0.3 is 4.74 Å². The second-order valence-electron chi connectivity index (χ2n) is 3.45. The highest BCUT2D eigenvalue weighted by Crippen LogP contribution is 2.25. The molecule has 1 rings (SSSR count). The van der Waals surface area contributed by atoms with Gasteiger partial charge in [0.1, 0.15) is 0 Å². The predicted molar refractivity (Wildman–Crippen MR) is 63.4 cm³/mol. The largest absolute Gasteiger partial charge is 0.466 e. The second-order valence-corrected chi connectivity index (χ2v) is 3.45. The first-order chi connectivity index (χ1) is 9.22.